The second-order valence-corrected chi connectivity index (χ2v) is 6.10. The van der Waals surface area contributed by atoms with E-state index < -0.39 is 0 Å². The predicted octanol–water partition coefficient (Wildman–Crippen LogP) is 3.70. The van der Waals surface area contributed by atoms with E-state index in [0.29, 0.717) is 0 Å². The summed E-state index contributed by atoms with van der Waals surface area (Å²) in [5.41, 5.74) is 1.63. The number of aromatic nitrogens is 1. The van der Waals surface area contributed by atoms with E-state index in [2.05, 4.69) is 81.8 Å². The molecule has 70 valence electrons. The molecule has 13 heavy (non-hydrogen) atoms. The molecule has 0 radical (unpaired) electrons. The van der Waals surface area contributed by atoms with Crippen LogP contribution in [0.3, 0.4) is 0 Å². The zero-order valence-electron chi connectivity index (χ0n) is 7.64. The van der Waals surface area contributed by atoms with Crippen molar-refractivity contribution >= 4 is 45.2 Å². The van der Waals surface area contributed by atoms with E-state index in [-0.39, 0.29) is 5.41 Å². The average Bonchev–Trinajstić information content (AvgIpc) is 2.42. The van der Waals surface area contributed by atoms with Crippen molar-refractivity contribution in [3.8, 4) is 0 Å². The van der Waals surface area contributed by atoms with Crippen LogP contribution in [0.5, 0.6) is 0 Å². The van der Waals surface area contributed by atoms with Gasteiger partial charge >= 0.3 is 0 Å². The summed E-state index contributed by atoms with van der Waals surface area (Å²) >= 11 is 4.84. The highest BCUT2D eigenvalue weighted by atomic mass is 127. The first-order valence-electron chi connectivity index (χ1n) is 4.25. The molecule has 0 amide bonds. The van der Waals surface area contributed by atoms with Crippen molar-refractivity contribution in [2.45, 2.75) is 25.8 Å². The van der Waals surface area contributed by atoms with Crippen LogP contribution in [0.15, 0.2) is 21.8 Å². The molecule has 0 atom stereocenters. The second kappa shape index (κ2) is 3.25. The topological polar surface area (TPSA) is 4.93 Å². The van der Waals surface area contributed by atoms with Gasteiger partial charge in [0.2, 0.25) is 0 Å². The van der Waals surface area contributed by atoms with E-state index in [1.54, 1.807) is 0 Å². The number of nitrogens with zero attached hydrogens (tertiary/aromatic N) is 1. The third-order valence-corrected chi connectivity index (χ3v) is 5.35. The largest absolute Gasteiger partial charge is 0.335 e. The van der Waals surface area contributed by atoms with Crippen LogP contribution in [-0.2, 0) is 12.0 Å². The molecule has 0 unspecified atom stereocenters. The van der Waals surface area contributed by atoms with E-state index in [4.69, 9.17) is 0 Å². The van der Waals surface area contributed by atoms with Crippen LogP contribution in [-0.4, -0.2) is 4.57 Å². The molecule has 3 heteroatoms. The molecular weight excluding hydrogens is 388 g/mol. The number of hydrogen-bond donors (Lipinski definition) is 0. The van der Waals surface area contributed by atoms with E-state index in [9.17, 15) is 0 Å². The Hall–Kier alpha value is 0.480. The quantitative estimate of drug-likeness (QED) is 0.587. The molecule has 2 heterocycles. The minimum Gasteiger partial charge on any atom is -0.335 e. The fraction of sp³-hybridized carbons (Fsp3) is 0.400. The first kappa shape index (κ1) is 10.0. The molecular formula is C10H11I2N. The van der Waals surface area contributed by atoms with Gasteiger partial charge in [0.15, 0.2) is 0 Å². The molecule has 0 saturated carbocycles. The number of hydrogen-bond acceptors (Lipinski definition) is 0. The predicted molar refractivity (Wildman–Crippen MR) is 72.3 cm³/mol. The number of allylic oxidation sites excluding steroid dienone is 2. The van der Waals surface area contributed by atoms with Crippen LogP contribution in [0.4, 0.5) is 0 Å². The summed E-state index contributed by atoms with van der Waals surface area (Å²) < 4.78 is 5.16. The summed E-state index contributed by atoms with van der Waals surface area (Å²) in [5, 5.41) is 0. The summed E-state index contributed by atoms with van der Waals surface area (Å²) in [4.78, 5) is 0. The molecule has 1 aliphatic heterocycles. The van der Waals surface area contributed by atoms with E-state index in [0.717, 1.165) is 6.54 Å². The van der Waals surface area contributed by atoms with Crippen LogP contribution in [0.25, 0.3) is 0 Å². The molecule has 1 nitrogen and oxygen atoms in total. The summed E-state index contributed by atoms with van der Waals surface area (Å²) in [5.74, 6) is 0. The van der Waals surface area contributed by atoms with Gasteiger partial charge in [-0.05, 0) is 74.7 Å². The lowest BCUT2D eigenvalue weighted by Gasteiger charge is -2.30. The van der Waals surface area contributed by atoms with Gasteiger partial charge in [0.25, 0.3) is 0 Å². The third kappa shape index (κ3) is 1.48. The van der Waals surface area contributed by atoms with Crippen LogP contribution in [0, 0.1) is 3.70 Å². The van der Waals surface area contributed by atoms with Crippen LogP contribution in [0.1, 0.15) is 19.5 Å². The van der Waals surface area contributed by atoms with Crippen LogP contribution >= 0.6 is 45.2 Å². The molecule has 0 aliphatic carbocycles. The summed E-state index contributed by atoms with van der Waals surface area (Å²) in [7, 11) is 0. The van der Waals surface area contributed by atoms with Gasteiger partial charge in [0.1, 0.15) is 0 Å². The molecule has 0 saturated heterocycles. The number of fused-ring (bicyclic) bond motifs is 1. The van der Waals surface area contributed by atoms with Crippen molar-refractivity contribution in [3.63, 3.8) is 0 Å². The van der Waals surface area contributed by atoms with Crippen molar-refractivity contribution < 1.29 is 0 Å². The summed E-state index contributed by atoms with van der Waals surface area (Å²) in [6.07, 6.45) is 2.32. The van der Waals surface area contributed by atoms with Crippen molar-refractivity contribution in [2.75, 3.05) is 0 Å². The van der Waals surface area contributed by atoms with Gasteiger partial charge in [0.05, 0.1) is 3.70 Å². The summed E-state index contributed by atoms with van der Waals surface area (Å²) in [6, 6.07) is 4.44. The average molecular weight is 399 g/mol. The fourth-order valence-corrected chi connectivity index (χ4v) is 2.83. The lowest BCUT2D eigenvalue weighted by molar-refractivity contribution is 0.555. The molecule has 1 aromatic rings. The Kier molecular flexibility index (Phi) is 2.51. The molecule has 2 rings (SSSR count). The molecule has 0 spiro atoms. The SMILES string of the molecule is CC1(C)C(I)=CCn2c(I)ccc21. The van der Waals surface area contributed by atoms with Gasteiger partial charge in [-0.3, -0.25) is 0 Å². The maximum Gasteiger partial charge on any atom is 0.0803 e. The molecule has 1 aliphatic rings. The van der Waals surface area contributed by atoms with Crippen molar-refractivity contribution in [1.29, 1.82) is 0 Å². The Balaban J connectivity index is 2.60. The van der Waals surface area contributed by atoms with E-state index in [1.165, 1.54) is 13.0 Å². The Bertz CT molecular complexity index is 374. The molecule has 0 fully saturated rings. The Morgan fingerprint density at radius 3 is 2.69 bits per heavy atom. The zero-order chi connectivity index (χ0) is 9.64. The smallest absolute Gasteiger partial charge is 0.0803 e. The zero-order valence-corrected chi connectivity index (χ0v) is 12.0. The lowest BCUT2D eigenvalue weighted by Crippen LogP contribution is -2.26. The highest BCUT2D eigenvalue weighted by Gasteiger charge is 2.30. The van der Waals surface area contributed by atoms with Gasteiger partial charge in [-0.2, -0.15) is 0 Å². The number of halogens is 2. The Labute approximate surface area is 106 Å². The number of rotatable bonds is 0. The maximum absolute atomic E-state index is 2.45. The van der Waals surface area contributed by atoms with Gasteiger partial charge < -0.3 is 4.57 Å². The van der Waals surface area contributed by atoms with Gasteiger partial charge in [-0.1, -0.05) is 6.08 Å². The minimum atomic E-state index is 0.197. The molecule has 0 bridgehead atoms. The first-order chi connectivity index (χ1) is 6.03. The first-order valence-corrected chi connectivity index (χ1v) is 6.41. The second-order valence-electron chi connectivity index (χ2n) is 3.83. The van der Waals surface area contributed by atoms with E-state index in [1.807, 2.05) is 0 Å². The minimum absolute atomic E-state index is 0.197. The van der Waals surface area contributed by atoms with Crippen LogP contribution < -0.4 is 0 Å². The lowest BCUT2D eigenvalue weighted by atomic mass is 9.87. The molecule has 0 N–H and O–H groups in total. The normalized spacial score (nSPS) is 19.5. The standard InChI is InChI=1S/C10H11I2N/c1-10(2)7(11)5-6-13-8(10)3-4-9(13)12/h3-5H,6H2,1-2H3. The van der Waals surface area contributed by atoms with Gasteiger partial charge in [-0.15, -0.1) is 0 Å². The van der Waals surface area contributed by atoms with Gasteiger partial charge in [0, 0.05) is 17.7 Å². The van der Waals surface area contributed by atoms with Crippen molar-refractivity contribution in [1.82, 2.24) is 4.57 Å². The Morgan fingerprint density at radius 2 is 2.00 bits per heavy atom. The maximum atomic E-state index is 2.45. The highest BCUT2D eigenvalue weighted by Crippen LogP contribution is 2.39. The van der Waals surface area contributed by atoms with Gasteiger partial charge in [-0.25, -0.2) is 0 Å². The molecule has 0 aromatic carbocycles. The van der Waals surface area contributed by atoms with E-state index >= 15 is 0 Å². The van der Waals surface area contributed by atoms with Crippen molar-refractivity contribution in [2.24, 2.45) is 0 Å². The molecule has 1 aromatic heterocycles. The fourth-order valence-electron chi connectivity index (χ4n) is 1.72. The third-order valence-electron chi connectivity index (χ3n) is 2.62. The van der Waals surface area contributed by atoms with Crippen LogP contribution in [0.2, 0.25) is 0 Å². The monoisotopic (exact) mass is 399 g/mol. The Morgan fingerprint density at radius 1 is 1.31 bits per heavy atom. The highest BCUT2D eigenvalue weighted by molar-refractivity contribution is 14.1. The van der Waals surface area contributed by atoms with Crippen molar-refractivity contribution in [3.05, 3.63) is 31.2 Å². The summed E-state index contributed by atoms with van der Waals surface area (Å²) in [6.45, 7) is 5.60.